The summed E-state index contributed by atoms with van der Waals surface area (Å²) in [5, 5.41) is 0. The smallest absolute Gasteiger partial charge is 0.146 e. The lowest BCUT2D eigenvalue weighted by Gasteiger charge is -2.09. The second-order valence-electron chi connectivity index (χ2n) is 12.4. The highest BCUT2D eigenvalue weighted by atomic mass is 19.1. The first kappa shape index (κ1) is 47.7. The van der Waals surface area contributed by atoms with Crippen LogP contribution in [0.5, 0.6) is 0 Å². The highest BCUT2D eigenvalue weighted by molar-refractivity contribution is 5.14. The molecule has 0 bridgehead atoms. The third-order valence-corrected chi connectivity index (χ3v) is 7.52. The molecule has 294 valence electrons. The predicted molar refractivity (Wildman–Crippen MR) is 215 cm³/mol. The van der Waals surface area contributed by atoms with Gasteiger partial charge in [0, 0.05) is 19.3 Å². The van der Waals surface area contributed by atoms with Gasteiger partial charge in [-0.1, -0.05) is 153 Å². The molecule has 0 amide bonds. The zero-order valence-corrected chi connectivity index (χ0v) is 32.2. The summed E-state index contributed by atoms with van der Waals surface area (Å²) in [5.41, 5.74) is 2.02. The Morgan fingerprint density at radius 3 is 0.944 bits per heavy atom. The SMILES string of the molecule is C1CCCCC1.C1CCOCC1.C1COCOC1.Cc1ccccc1.Cc1ccccc1F.Fc1cccc(F)c1.Fc1ccccc1.c1ccccc1. The zero-order valence-electron chi connectivity index (χ0n) is 32.2. The molecule has 0 aromatic heterocycles. The van der Waals surface area contributed by atoms with Crippen molar-refractivity contribution in [3.63, 3.8) is 0 Å². The van der Waals surface area contributed by atoms with Crippen LogP contribution in [0.25, 0.3) is 0 Å². The number of benzene rings is 5. The Morgan fingerprint density at radius 2 is 0.722 bits per heavy atom. The van der Waals surface area contributed by atoms with Gasteiger partial charge in [0.25, 0.3) is 0 Å². The highest BCUT2D eigenvalue weighted by Gasteiger charge is 1.96. The fourth-order valence-corrected chi connectivity index (χ4v) is 4.53. The molecule has 2 saturated heterocycles. The Balaban J connectivity index is 0.000000309. The lowest BCUT2D eigenvalue weighted by Crippen LogP contribution is -2.11. The van der Waals surface area contributed by atoms with Crippen LogP contribution in [0.3, 0.4) is 0 Å². The molecule has 2 aliphatic heterocycles. The molecule has 2 heterocycles. The van der Waals surface area contributed by atoms with Crippen molar-refractivity contribution >= 4 is 0 Å². The Morgan fingerprint density at radius 1 is 0.352 bits per heavy atom. The average Bonchev–Trinajstić information content (AvgIpc) is 3.24. The molecule has 3 nitrogen and oxygen atoms in total. The van der Waals surface area contributed by atoms with E-state index < -0.39 is 11.6 Å². The van der Waals surface area contributed by atoms with Gasteiger partial charge < -0.3 is 14.2 Å². The van der Waals surface area contributed by atoms with Gasteiger partial charge in [-0.2, -0.15) is 0 Å². The molecule has 8 rings (SSSR count). The lowest BCUT2D eigenvalue weighted by molar-refractivity contribution is -0.0963. The van der Waals surface area contributed by atoms with Gasteiger partial charge in [-0.05, 0) is 75.4 Å². The van der Waals surface area contributed by atoms with Crippen molar-refractivity contribution in [3.05, 3.63) is 180 Å². The average molecular weight is 749 g/mol. The summed E-state index contributed by atoms with van der Waals surface area (Å²) in [5.74, 6) is -1.38. The van der Waals surface area contributed by atoms with Crippen LogP contribution < -0.4 is 0 Å². The van der Waals surface area contributed by atoms with Crippen LogP contribution in [0.2, 0.25) is 0 Å². The van der Waals surface area contributed by atoms with E-state index in [1.807, 2.05) is 60.7 Å². The molecule has 3 fully saturated rings. The molecule has 7 heteroatoms. The number of rotatable bonds is 0. The van der Waals surface area contributed by atoms with E-state index in [1.165, 1.54) is 99.7 Å². The van der Waals surface area contributed by atoms with E-state index in [0.717, 1.165) is 38.9 Å². The van der Waals surface area contributed by atoms with E-state index in [2.05, 4.69) is 19.1 Å². The quantitative estimate of drug-likeness (QED) is 0.148. The molecule has 0 atom stereocenters. The van der Waals surface area contributed by atoms with Gasteiger partial charge in [-0.3, -0.25) is 0 Å². The normalized spacial score (nSPS) is 13.9. The largest absolute Gasteiger partial charge is 0.381 e. The first-order chi connectivity index (χ1) is 26.4. The number of hydrogen-bond acceptors (Lipinski definition) is 3. The number of hydrogen-bond donors (Lipinski definition) is 0. The fraction of sp³-hybridized carbons (Fsp3) is 0.362. The van der Waals surface area contributed by atoms with Gasteiger partial charge in [0.2, 0.25) is 0 Å². The molecule has 0 N–H and O–H groups in total. The van der Waals surface area contributed by atoms with Crippen LogP contribution in [-0.4, -0.2) is 33.2 Å². The topological polar surface area (TPSA) is 27.7 Å². The van der Waals surface area contributed by atoms with E-state index in [9.17, 15) is 17.6 Å². The number of halogens is 4. The van der Waals surface area contributed by atoms with Crippen LogP contribution in [-0.2, 0) is 14.2 Å². The third-order valence-electron chi connectivity index (χ3n) is 7.52. The molecule has 1 aliphatic carbocycles. The van der Waals surface area contributed by atoms with Gasteiger partial charge in [0.1, 0.15) is 30.1 Å². The molecular formula is C47H60F4O3. The van der Waals surface area contributed by atoms with Crippen LogP contribution in [0, 0.1) is 37.1 Å². The van der Waals surface area contributed by atoms with Gasteiger partial charge in [0.15, 0.2) is 0 Å². The van der Waals surface area contributed by atoms with Crippen molar-refractivity contribution in [3.8, 4) is 0 Å². The minimum Gasteiger partial charge on any atom is -0.381 e. The summed E-state index contributed by atoms with van der Waals surface area (Å²) in [6.45, 7) is 8.08. The van der Waals surface area contributed by atoms with Gasteiger partial charge >= 0.3 is 0 Å². The minimum atomic E-state index is -0.537. The monoisotopic (exact) mass is 748 g/mol. The van der Waals surface area contributed by atoms with Crippen molar-refractivity contribution in [1.82, 2.24) is 0 Å². The van der Waals surface area contributed by atoms with Gasteiger partial charge in [0.05, 0.1) is 13.2 Å². The second kappa shape index (κ2) is 35.7. The Hall–Kier alpha value is -4.30. The van der Waals surface area contributed by atoms with Crippen LogP contribution in [0.4, 0.5) is 17.6 Å². The lowest BCUT2D eigenvalue weighted by atomic mass is 10.0. The zero-order chi connectivity index (χ0) is 39.2. The van der Waals surface area contributed by atoms with E-state index in [4.69, 9.17) is 14.2 Å². The van der Waals surface area contributed by atoms with Crippen LogP contribution >= 0.6 is 0 Å². The summed E-state index contributed by atoms with van der Waals surface area (Å²) in [6.07, 6.45) is 14.0. The van der Waals surface area contributed by atoms with E-state index >= 15 is 0 Å². The van der Waals surface area contributed by atoms with E-state index in [-0.39, 0.29) is 11.6 Å². The molecule has 1 saturated carbocycles. The Labute approximate surface area is 322 Å². The van der Waals surface area contributed by atoms with E-state index in [1.54, 1.807) is 37.3 Å². The fourth-order valence-electron chi connectivity index (χ4n) is 4.53. The summed E-state index contributed by atoms with van der Waals surface area (Å²) in [6, 6.07) is 41.5. The molecular weight excluding hydrogens is 689 g/mol. The molecule has 5 aromatic carbocycles. The predicted octanol–water partition coefficient (Wildman–Crippen LogP) is 13.5. The standard InChI is InChI=1S/C7H7F.C7H8.C6H4F2.C6H5F.C6H12.C6H6.C5H10O.C4H8O2/c1-6-4-2-3-5-7(6)8;1-7-5-3-2-4-6-7;7-5-2-1-3-6(8)4-5;7-6-4-2-1-3-5-6;3*1-2-4-6-5-3-1;1-2-5-4-6-3-1/h2-5H,1H3;2-6H,1H3;1-4H;1-5H;1-6H2;1-6H;1-5H2;1-4H2. The Bertz CT molecular complexity index is 1310. The molecule has 54 heavy (non-hydrogen) atoms. The molecule has 5 aromatic rings. The van der Waals surface area contributed by atoms with Gasteiger partial charge in [-0.25, -0.2) is 17.6 Å². The van der Waals surface area contributed by atoms with Crippen LogP contribution in [0.1, 0.15) is 75.3 Å². The van der Waals surface area contributed by atoms with Crippen molar-refractivity contribution in [1.29, 1.82) is 0 Å². The van der Waals surface area contributed by atoms with Crippen molar-refractivity contribution in [2.45, 2.75) is 78.1 Å². The summed E-state index contributed by atoms with van der Waals surface area (Å²) in [7, 11) is 0. The van der Waals surface area contributed by atoms with Crippen molar-refractivity contribution < 1.29 is 31.8 Å². The first-order valence-electron chi connectivity index (χ1n) is 19.0. The first-order valence-corrected chi connectivity index (χ1v) is 19.0. The molecule has 0 spiro atoms. The van der Waals surface area contributed by atoms with Crippen LogP contribution in [0.15, 0.2) is 146 Å². The summed E-state index contributed by atoms with van der Waals surface area (Å²) >= 11 is 0. The number of aryl methyl sites for hydroxylation is 2. The maximum absolute atomic E-state index is 12.3. The molecule has 0 radical (unpaired) electrons. The highest BCUT2D eigenvalue weighted by Crippen LogP contribution is 2.15. The maximum Gasteiger partial charge on any atom is 0.146 e. The number of ether oxygens (including phenoxy) is 3. The minimum absolute atomic E-state index is 0.132. The third kappa shape index (κ3) is 32.4. The summed E-state index contributed by atoms with van der Waals surface area (Å²) < 4.78 is 62.8. The molecule has 3 aliphatic rings. The molecule has 0 unspecified atom stereocenters. The van der Waals surface area contributed by atoms with Gasteiger partial charge in [-0.15, -0.1) is 0 Å². The summed E-state index contributed by atoms with van der Waals surface area (Å²) in [4.78, 5) is 0. The Kier molecular flexibility index (Phi) is 31.6. The van der Waals surface area contributed by atoms with Crippen molar-refractivity contribution in [2.24, 2.45) is 0 Å². The second-order valence-corrected chi connectivity index (χ2v) is 12.4. The van der Waals surface area contributed by atoms with E-state index in [0.29, 0.717) is 12.4 Å². The maximum atomic E-state index is 12.3. The van der Waals surface area contributed by atoms with Crippen molar-refractivity contribution in [2.75, 3.05) is 33.2 Å².